The van der Waals surface area contributed by atoms with Crippen molar-refractivity contribution in [2.24, 2.45) is 0 Å². The number of nitrogens with one attached hydrogen (secondary N) is 3. The smallest absolute Gasteiger partial charge is 0.209 e. The van der Waals surface area contributed by atoms with Gasteiger partial charge in [0.05, 0.1) is 6.26 Å². The lowest BCUT2D eigenvalue weighted by Crippen LogP contribution is -2.47. The molecule has 0 amide bonds. The summed E-state index contributed by atoms with van der Waals surface area (Å²) in [5.41, 5.74) is -0.602. The lowest BCUT2D eigenvalue weighted by molar-refractivity contribution is 0.476. The van der Waals surface area contributed by atoms with E-state index in [2.05, 4.69) is 32.2 Å². The Morgan fingerprint density at radius 3 is 2.35 bits per heavy atom. The minimum atomic E-state index is -3.24. The maximum atomic E-state index is 11.3. The van der Waals surface area contributed by atoms with Crippen molar-refractivity contribution in [1.82, 2.24) is 14.7 Å². The number of aromatic nitrogens is 2. The second-order valence-electron chi connectivity index (χ2n) is 5.33. The van der Waals surface area contributed by atoms with Gasteiger partial charge in [-0.3, -0.25) is 0 Å². The fourth-order valence-corrected chi connectivity index (χ4v) is 2.73. The third-order valence-electron chi connectivity index (χ3n) is 2.40. The van der Waals surface area contributed by atoms with Gasteiger partial charge in [-0.25, -0.2) is 23.1 Å². The molecule has 0 saturated heterocycles. The number of sulfonamides is 1. The molecule has 0 fully saturated rings. The molecule has 1 aromatic heterocycles. The molecular weight excluding hydrogens is 278 g/mol. The van der Waals surface area contributed by atoms with Gasteiger partial charge in [0, 0.05) is 24.7 Å². The summed E-state index contributed by atoms with van der Waals surface area (Å²) in [6, 6.07) is 1.80. The molecule has 0 spiro atoms. The van der Waals surface area contributed by atoms with E-state index in [4.69, 9.17) is 0 Å². The van der Waals surface area contributed by atoms with Crippen molar-refractivity contribution < 1.29 is 8.42 Å². The van der Waals surface area contributed by atoms with Crippen molar-refractivity contribution in [3.8, 4) is 0 Å². The zero-order valence-corrected chi connectivity index (χ0v) is 13.2. The van der Waals surface area contributed by atoms with Crippen LogP contribution in [0.4, 0.5) is 11.6 Å². The molecule has 3 N–H and O–H groups in total. The second kappa shape index (κ2) is 6.85. The van der Waals surface area contributed by atoms with E-state index < -0.39 is 15.6 Å². The molecule has 1 aromatic rings. The van der Waals surface area contributed by atoms with E-state index in [1.165, 1.54) is 6.33 Å². The summed E-state index contributed by atoms with van der Waals surface area (Å²) < 4.78 is 25.1. The van der Waals surface area contributed by atoms with Gasteiger partial charge >= 0.3 is 0 Å². The topological polar surface area (TPSA) is 96.0 Å². The lowest BCUT2D eigenvalue weighted by atomic mass is 10.1. The average Bonchev–Trinajstić information content (AvgIpc) is 2.32. The van der Waals surface area contributed by atoms with E-state index in [0.29, 0.717) is 12.4 Å². The molecule has 1 rings (SSSR count). The van der Waals surface area contributed by atoms with Gasteiger partial charge in [0.2, 0.25) is 10.0 Å². The molecule has 7 nitrogen and oxygen atoms in total. The number of anilines is 2. The van der Waals surface area contributed by atoms with Crippen LogP contribution in [-0.2, 0) is 10.0 Å². The number of rotatable bonds is 8. The summed E-state index contributed by atoms with van der Waals surface area (Å²) in [4.78, 5) is 8.21. The van der Waals surface area contributed by atoms with Crippen molar-refractivity contribution in [3.05, 3.63) is 12.4 Å². The first kappa shape index (κ1) is 16.6. The Morgan fingerprint density at radius 1 is 1.20 bits per heavy atom. The van der Waals surface area contributed by atoms with E-state index in [1.807, 2.05) is 0 Å². The second-order valence-corrected chi connectivity index (χ2v) is 7.08. The Balaban J connectivity index is 2.60. The Morgan fingerprint density at radius 2 is 1.80 bits per heavy atom. The van der Waals surface area contributed by atoms with Crippen LogP contribution >= 0.6 is 0 Å². The summed E-state index contributed by atoms with van der Waals surface area (Å²) in [7, 11) is -3.24. The lowest BCUT2D eigenvalue weighted by Gasteiger charge is -2.25. The fraction of sp³-hybridized carbons (Fsp3) is 0.667. The van der Waals surface area contributed by atoms with Gasteiger partial charge in [-0.05, 0) is 20.3 Å². The monoisotopic (exact) mass is 301 g/mol. The van der Waals surface area contributed by atoms with Crippen LogP contribution in [-0.4, -0.2) is 43.3 Å². The molecule has 1 heterocycles. The molecule has 114 valence electrons. The van der Waals surface area contributed by atoms with Crippen LogP contribution in [0.2, 0.25) is 0 Å². The highest BCUT2D eigenvalue weighted by molar-refractivity contribution is 7.88. The molecule has 0 bridgehead atoms. The molecule has 0 aliphatic heterocycles. The highest BCUT2D eigenvalue weighted by Crippen LogP contribution is 2.11. The Bertz CT molecular complexity index is 530. The van der Waals surface area contributed by atoms with E-state index >= 15 is 0 Å². The summed E-state index contributed by atoms with van der Waals surface area (Å²) in [5, 5.41) is 6.27. The molecule has 0 radical (unpaired) electrons. The normalized spacial score (nSPS) is 12.2. The first-order chi connectivity index (χ1) is 9.22. The third kappa shape index (κ3) is 6.67. The highest BCUT2D eigenvalue weighted by atomic mass is 32.2. The van der Waals surface area contributed by atoms with Crippen LogP contribution in [0, 0.1) is 0 Å². The first-order valence-electron chi connectivity index (χ1n) is 6.50. The van der Waals surface area contributed by atoms with Crippen LogP contribution in [0.15, 0.2) is 12.4 Å². The maximum Gasteiger partial charge on any atom is 0.209 e. The standard InChI is InChI=1S/C12H23N5O2S/c1-5-6-13-10-7-11(16-9-15-10)14-8-12(2,3)17-20(4,18)19/h7,9,17H,5-6,8H2,1-4H3,(H2,13,14,15,16). The van der Waals surface area contributed by atoms with Crippen molar-refractivity contribution in [3.63, 3.8) is 0 Å². The molecule has 0 atom stereocenters. The van der Waals surface area contributed by atoms with E-state index in [-0.39, 0.29) is 0 Å². The number of nitrogens with zero attached hydrogens (tertiary/aromatic N) is 2. The predicted molar refractivity (Wildman–Crippen MR) is 81.4 cm³/mol. The average molecular weight is 301 g/mol. The summed E-state index contributed by atoms with van der Waals surface area (Å²) in [6.07, 6.45) is 3.63. The quantitative estimate of drug-likeness (QED) is 0.664. The SMILES string of the molecule is CCCNc1cc(NCC(C)(C)NS(C)(=O)=O)ncn1. The number of hydrogen-bond acceptors (Lipinski definition) is 6. The molecular formula is C12H23N5O2S. The maximum absolute atomic E-state index is 11.3. The number of hydrogen-bond donors (Lipinski definition) is 3. The van der Waals surface area contributed by atoms with Crippen molar-refractivity contribution in [2.45, 2.75) is 32.7 Å². The Hall–Kier alpha value is -1.41. The van der Waals surface area contributed by atoms with Gasteiger partial charge < -0.3 is 10.6 Å². The van der Waals surface area contributed by atoms with Crippen molar-refractivity contribution in [1.29, 1.82) is 0 Å². The fourth-order valence-electron chi connectivity index (χ4n) is 1.65. The van der Waals surface area contributed by atoms with Gasteiger partial charge in [-0.15, -0.1) is 0 Å². The van der Waals surface area contributed by atoms with Crippen LogP contribution in [0.3, 0.4) is 0 Å². The summed E-state index contributed by atoms with van der Waals surface area (Å²) in [5.74, 6) is 1.40. The van der Waals surface area contributed by atoms with Gasteiger partial charge in [0.15, 0.2) is 0 Å². The molecule has 0 unspecified atom stereocenters. The Labute approximate surface area is 120 Å². The summed E-state index contributed by atoms with van der Waals surface area (Å²) >= 11 is 0. The molecule has 0 aliphatic rings. The van der Waals surface area contributed by atoms with Crippen LogP contribution in [0.5, 0.6) is 0 Å². The minimum Gasteiger partial charge on any atom is -0.370 e. The van der Waals surface area contributed by atoms with E-state index in [9.17, 15) is 8.42 Å². The highest BCUT2D eigenvalue weighted by Gasteiger charge is 2.21. The molecule has 0 saturated carbocycles. The Kier molecular flexibility index (Phi) is 5.70. The largest absolute Gasteiger partial charge is 0.370 e. The summed E-state index contributed by atoms with van der Waals surface area (Å²) in [6.45, 7) is 6.95. The van der Waals surface area contributed by atoms with Gasteiger partial charge in [0.25, 0.3) is 0 Å². The molecule has 20 heavy (non-hydrogen) atoms. The zero-order chi connectivity index (χ0) is 15.2. The first-order valence-corrected chi connectivity index (χ1v) is 8.40. The van der Waals surface area contributed by atoms with Crippen molar-refractivity contribution in [2.75, 3.05) is 30.0 Å². The van der Waals surface area contributed by atoms with Crippen LogP contribution in [0.25, 0.3) is 0 Å². The predicted octanol–water partition coefficient (Wildman–Crippen LogP) is 1.04. The molecule has 8 heteroatoms. The van der Waals surface area contributed by atoms with Gasteiger partial charge in [-0.1, -0.05) is 6.92 Å². The van der Waals surface area contributed by atoms with Gasteiger partial charge in [0.1, 0.15) is 18.0 Å². The van der Waals surface area contributed by atoms with Crippen LogP contribution in [0.1, 0.15) is 27.2 Å². The minimum absolute atomic E-state index is 0.421. The van der Waals surface area contributed by atoms with E-state index in [0.717, 1.165) is 25.0 Å². The van der Waals surface area contributed by atoms with E-state index in [1.54, 1.807) is 19.9 Å². The molecule has 0 aromatic carbocycles. The van der Waals surface area contributed by atoms with Crippen molar-refractivity contribution >= 4 is 21.7 Å². The molecule has 0 aliphatic carbocycles. The third-order valence-corrected chi connectivity index (χ3v) is 3.32. The van der Waals surface area contributed by atoms with Gasteiger partial charge in [-0.2, -0.15) is 0 Å². The van der Waals surface area contributed by atoms with Crippen LogP contribution < -0.4 is 15.4 Å². The zero-order valence-electron chi connectivity index (χ0n) is 12.4.